The van der Waals surface area contributed by atoms with Gasteiger partial charge in [0.2, 0.25) is 0 Å². The highest BCUT2D eigenvalue weighted by Gasteiger charge is 2.12. The van der Waals surface area contributed by atoms with Gasteiger partial charge in [0.15, 0.2) is 6.61 Å². The highest BCUT2D eigenvalue weighted by Crippen LogP contribution is 2.15. The molecule has 0 radical (unpaired) electrons. The van der Waals surface area contributed by atoms with E-state index in [1.807, 2.05) is 13.8 Å². The van der Waals surface area contributed by atoms with Crippen molar-refractivity contribution in [3.63, 3.8) is 0 Å². The summed E-state index contributed by atoms with van der Waals surface area (Å²) in [6.45, 7) is 5.05. The van der Waals surface area contributed by atoms with Crippen molar-refractivity contribution in [1.82, 2.24) is 25.1 Å². The number of nitrogens with one attached hydrogen (secondary N) is 1. The molecule has 1 aromatic heterocycles. The van der Waals surface area contributed by atoms with E-state index < -0.39 is 0 Å². The second-order valence-corrected chi connectivity index (χ2v) is 6.14. The molecule has 0 aliphatic carbocycles. The SMILES string of the molecule is CCN(CC)C(=O)c1ccc(NC(=O)COc2ccc(-n3cnnn3)cc2)cc1. The van der Waals surface area contributed by atoms with Crippen LogP contribution in [0.25, 0.3) is 5.69 Å². The molecule has 0 aliphatic rings. The van der Waals surface area contributed by atoms with Gasteiger partial charge in [0, 0.05) is 24.3 Å². The Hall–Kier alpha value is -3.75. The molecule has 0 unspecified atom stereocenters. The zero-order valence-electron chi connectivity index (χ0n) is 16.3. The minimum Gasteiger partial charge on any atom is -0.484 e. The number of hydrogen-bond acceptors (Lipinski definition) is 6. The van der Waals surface area contributed by atoms with Crippen LogP contribution in [-0.4, -0.2) is 56.6 Å². The van der Waals surface area contributed by atoms with Gasteiger partial charge >= 0.3 is 0 Å². The average molecular weight is 394 g/mol. The van der Waals surface area contributed by atoms with Crippen molar-refractivity contribution in [3.8, 4) is 11.4 Å². The molecule has 29 heavy (non-hydrogen) atoms. The maximum Gasteiger partial charge on any atom is 0.262 e. The van der Waals surface area contributed by atoms with Crippen LogP contribution in [0.4, 0.5) is 5.69 Å². The number of rotatable bonds is 8. The van der Waals surface area contributed by atoms with Gasteiger partial charge in [-0.15, -0.1) is 5.10 Å². The minimum atomic E-state index is -0.294. The molecule has 0 bridgehead atoms. The molecular formula is C20H22N6O3. The van der Waals surface area contributed by atoms with Crippen LogP contribution in [0.15, 0.2) is 54.9 Å². The maximum absolute atomic E-state index is 12.3. The lowest BCUT2D eigenvalue weighted by Crippen LogP contribution is -2.30. The van der Waals surface area contributed by atoms with Crippen molar-refractivity contribution >= 4 is 17.5 Å². The maximum atomic E-state index is 12.3. The number of hydrogen-bond donors (Lipinski definition) is 1. The molecule has 3 rings (SSSR count). The van der Waals surface area contributed by atoms with E-state index in [-0.39, 0.29) is 18.4 Å². The third-order valence-corrected chi connectivity index (χ3v) is 4.29. The third-order valence-electron chi connectivity index (χ3n) is 4.29. The van der Waals surface area contributed by atoms with Crippen molar-refractivity contribution in [1.29, 1.82) is 0 Å². The van der Waals surface area contributed by atoms with Crippen LogP contribution < -0.4 is 10.1 Å². The first-order chi connectivity index (χ1) is 14.1. The summed E-state index contributed by atoms with van der Waals surface area (Å²) < 4.78 is 7.02. The van der Waals surface area contributed by atoms with Crippen molar-refractivity contribution in [2.45, 2.75) is 13.8 Å². The first-order valence-electron chi connectivity index (χ1n) is 9.26. The van der Waals surface area contributed by atoms with Gasteiger partial charge in [-0.2, -0.15) is 0 Å². The zero-order chi connectivity index (χ0) is 20.6. The molecular weight excluding hydrogens is 372 g/mol. The molecule has 0 aliphatic heterocycles. The van der Waals surface area contributed by atoms with Gasteiger partial charge < -0.3 is 15.0 Å². The van der Waals surface area contributed by atoms with Crippen LogP contribution in [0, 0.1) is 0 Å². The van der Waals surface area contributed by atoms with E-state index >= 15 is 0 Å². The standard InChI is InChI=1S/C20H22N6O3/c1-3-25(4-2)20(28)15-5-7-16(8-6-15)22-19(27)13-29-18-11-9-17(10-12-18)26-14-21-23-24-26/h5-12,14H,3-4,13H2,1-2H3,(H,22,27). The summed E-state index contributed by atoms with van der Waals surface area (Å²) in [5.74, 6) is 0.232. The molecule has 2 amide bonds. The highest BCUT2D eigenvalue weighted by atomic mass is 16.5. The molecule has 3 aromatic rings. The molecule has 0 saturated heterocycles. The largest absolute Gasteiger partial charge is 0.484 e. The predicted molar refractivity (Wildman–Crippen MR) is 107 cm³/mol. The zero-order valence-corrected chi connectivity index (χ0v) is 16.3. The molecule has 1 N–H and O–H groups in total. The second-order valence-electron chi connectivity index (χ2n) is 6.14. The molecule has 0 fully saturated rings. The van der Waals surface area contributed by atoms with Gasteiger partial charge in [-0.25, -0.2) is 4.68 Å². The Kier molecular flexibility index (Phi) is 6.51. The summed E-state index contributed by atoms with van der Waals surface area (Å²) in [5, 5.41) is 13.7. The molecule has 0 spiro atoms. The number of carbonyl (C=O) groups is 2. The van der Waals surface area contributed by atoms with E-state index in [1.165, 1.54) is 11.0 Å². The fraction of sp³-hybridized carbons (Fsp3) is 0.250. The summed E-state index contributed by atoms with van der Waals surface area (Å²) >= 11 is 0. The summed E-state index contributed by atoms with van der Waals surface area (Å²) in [7, 11) is 0. The average Bonchev–Trinajstić information content (AvgIpc) is 3.29. The first-order valence-corrected chi connectivity index (χ1v) is 9.26. The second kappa shape index (κ2) is 9.45. The van der Waals surface area contributed by atoms with Crippen molar-refractivity contribution in [3.05, 3.63) is 60.4 Å². The first kappa shape index (κ1) is 20.0. The van der Waals surface area contributed by atoms with Crippen molar-refractivity contribution in [2.75, 3.05) is 25.0 Å². The van der Waals surface area contributed by atoms with E-state index in [0.717, 1.165) is 5.69 Å². The Morgan fingerprint density at radius 3 is 2.31 bits per heavy atom. The number of aromatic nitrogens is 4. The third kappa shape index (κ3) is 5.16. The van der Waals surface area contributed by atoms with Crippen LogP contribution in [0.1, 0.15) is 24.2 Å². The van der Waals surface area contributed by atoms with Gasteiger partial charge in [0.25, 0.3) is 11.8 Å². The summed E-state index contributed by atoms with van der Waals surface area (Å²) in [6, 6.07) is 13.9. The number of tetrazole rings is 1. The molecule has 2 aromatic carbocycles. The Morgan fingerprint density at radius 2 is 1.72 bits per heavy atom. The van der Waals surface area contributed by atoms with Crippen LogP contribution in [0.3, 0.4) is 0 Å². The number of carbonyl (C=O) groups excluding carboxylic acids is 2. The number of anilines is 1. The Labute approximate surface area is 168 Å². The summed E-state index contributed by atoms with van der Waals surface area (Å²) in [6.07, 6.45) is 1.49. The van der Waals surface area contributed by atoms with E-state index in [4.69, 9.17) is 4.74 Å². The fourth-order valence-electron chi connectivity index (χ4n) is 2.71. The van der Waals surface area contributed by atoms with Gasteiger partial charge in [0.1, 0.15) is 12.1 Å². The fourth-order valence-corrected chi connectivity index (χ4v) is 2.71. The molecule has 9 nitrogen and oxygen atoms in total. The van der Waals surface area contributed by atoms with Crippen LogP contribution in [0.5, 0.6) is 5.75 Å². The smallest absolute Gasteiger partial charge is 0.262 e. The van der Waals surface area contributed by atoms with E-state index in [2.05, 4.69) is 20.8 Å². The number of ether oxygens (including phenoxy) is 1. The number of benzene rings is 2. The quantitative estimate of drug-likeness (QED) is 0.628. The highest BCUT2D eigenvalue weighted by molar-refractivity contribution is 5.96. The number of amides is 2. The van der Waals surface area contributed by atoms with Crippen LogP contribution in [0.2, 0.25) is 0 Å². The lowest BCUT2D eigenvalue weighted by molar-refractivity contribution is -0.118. The van der Waals surface area contributed by atoms with E-state index in [9.17, 15) is 9.59 Å². The van der Waals surface area contributed by atoms with Crippen molar-refractivity contribution < 1.29 is 14.3 Å². The van der Waals surface area contributed by atoms with E-state index in [1.54, 1.807) is 53.4 Å². The van der Waals surface area contributed by atoms with Gasteiger partial charge in [0.05, 0.1) is 5.69 Å². The molecule has 150 valence electrons. The predicted octanol–water partition coefficient (Wildman–Crippen LogP) is 2.16. The van der Waals surface area contributed by atoms with Crippen LogP contribution in [-0.2, 0) is 4.79 Å². The topological polar surface area (TPSA) is 102 Å². The molecule has 9 heteroatoms. The van der Waals surface area contributed by atoms with Gasteiger partial charge in [-0.3, -0.25) is 9.59 Å². The summed E-state index contributed by atoms with van der Waals surface area (Å²) in [4.78, 5) is 26.2. The van der Waals surface area contributed by atoms with Crippen molar-refractivity contribution in [2.24, 2.45) is 0 Å². The normalized spacial score (nSPS) is 10.4. The van der Waals surface area contributed by atoms with E-state index in [0.29, 0.717) is 30.1 Å². The minimum absolute atomic E-state index is 0.0265. The summed E-state index contributed by atoms with van der Waals surface area (Å²) in [5.41, 5.74) is 1.97. The Morgan fingerprint density at radius 1 is 1.03 bits per heavy atom. The lowest BCUT2D eigenvalue weighted by Gasteiger charge is -2.18. The Bertz CT molecular complexity index is 935. The molecule has 1 heterocycles. The Balaban J connectivity index is 1.51. The van der Waals surface area contributed by atoms with Gasteiger partial charge in [-0.1, -0.05) is 0 Å². The molecule has 0 saturated carbocycles. The van der Waals surface area contributed by atoms with Crippen LogP contribution >= 0.6 is 0 Å². The van der Waals surface area contributed by atoms with Gasteiger partial charge in [-0.05, 0) is 72.8 Å². The number of nitrogens with zero attached hydrogens (tertiary/aromatic N) is 5. The lowest BCUT2D eigenvalue weighted by atomic mass is 10.2. The monoisotopic (exact) mass is 394 g/mol. The molecule has 0 atom stereocenters.